The van der Waals surface area contributed by atoms with E-state index in [1.54, 1.807) is 12.1 Å². The Morgan fingerprint density at radius 3 is 2.83 bits per heavy atom. The van der Waals surface area contributed by atoms with Crippen LogP contribution in [-0.4, -0.2) is 10.8 Å². The number of nitrogens with zero attached hydrogens (tertiary/aromatic N) is 1. The van der Waals surface area contributed by atoms with Crippen LogP contribution in [0.15, 0.2) is 29.8 Å². The van der Waals surface area contributed by atoms with Gasteiger partial charge in [0.15, 0.2) is 0 Å². The predicted molar refractivity (Wildman–Crippen MR) is 66.2 cm³/mol. The third kappa shape index (κ3) is 2.23. The number of nitrogens with two attached hydrogens (primary N) is 1. The maximum Gasteiger partial charge on any atom is 0.270 e. The van der Waals surface area contributed by atoms with Gasteiger partial charge in [0.05, 0.1) is 4.92 Å². The topological polar surface area (TPSA) is 98.3 Å². The summed E-state index contributed by atoms with van der Waals surface area (Å²) in [5, 5.41) is 10.7. The number of nitro groups is 1. The van der Waals surface area contributed by atoms with Gasteiger partial charge in [-0.2, -0.15) is 0 Å². The highest BCUT2D eigenvalue weighted by Gasteiger charge is 2.22. The molecule has 2 rings (SSSR count). The van der Waals surface area contributed by atoms with E-state index >= 15 is 0 Å². The number of hydrazine groups is 1. The van der Waals surface area contributed by atoms with E-state index in [2.05, 4.69) is 5.43 Å². The number of non-ortho nitro benzene ring substituents is 1. The first-order chi connectivity index (χ1) is 8.63. The highest BCUT2D eigenvalue weighted by Crippen LogP contribution is 2.34. The molecule has 0 fully saturated rings. The minimum absolute atomic E-state index is 0.0272. The van der Waals surface area contributed by atoms with Crippen molar-refractivity contribution in [3.63, 3.8) is 0 Å². The number of carbonyl (C=O) groups is 1. The Bertz CT molecular complexity index is 537. The predicted octanol–water partition coefficient (Wildman–Crippen LogP) is 1.52. The van der Waals surface area contributed by atoms with Crippen LogP contribution in [0.4, 0.5) is 5.69 Å². The third-order valence-corrected chi connectivity index (χ3v) is 3.03. The fraction of sp³-hybridized carbons (Fsp3) is 0.250. The van der Waals surface area contributed by atoms with Gasteiger partial charge in [-0.25, -0.2) is 5.84 Å². The van der Waals surface area contributed by atoms with E-state index in [-0.39, 0.29) is 11.6 Å². The summed E-state index contributed by atoms with van der Waals surface area (Å²) in [5.74, 6) is 4.82. The van der Waals surface area contributed by atoms with Gasteiger partial charge in [0, 0.05) is 17.7 Å². The van der Waals surface area contributed by atoms with Gasteiger partial charge in [-0.3, -0.25) is 20.3 Å². The minimum Gasteiger partial charge on any atom is -0.290 e. The SMILES string of the molecule is NNC(=O)C1=C(c2cccc([N+](=O)[O-])c2)CCC1. The molecule has 0 radical (unpaired) electrons. The van der Waals surface area contributed by atoms with Crippen molar-refractivity contribution >= 4 is 17.2 Å². The average Bonchev–Trinajstić information content (AvgIpc) is 2.87. The molecule has 3 N–H and O–H groups in total. The molecule has 94 valence electrons. The highest BCUT2D eigenvalue weighted by molar-refractivity contribution is 6.01. The zero-order chi connectivity index (χ0) is 13.1. The lowest BCUT2D eigenvalue weighted by Crippen LogP contribution is -2.31. The summed E-state index contributed by atoms with van der Waals surface area (Å²) >= 11 is 0. The van der Waals surface area contributed by atoms with Gasteiger partial charge in [0.25, 0.3) is 11.6 Å². The van der Waals surface area contributed by atoms with Crippen molar-refractivity contribution in [3.05, 3.63) is 45.5 Å². The van der Waals surface area contributed by atoms with Gasteiger partial charge >= 0.3 is 0 Å². The first kappa shape index (κ1) is 12.3. The Kier molecular flexibility index (Phi) is 3.38. The number of allylic oxidation sites excluding steroid dienone is 1. The van der Waals surface area contributed by atoms with Crippen LogP contribution >= 0.6 is 0 Å². The fourth-order valence-electron chi connectivity index (χ4n) is 2.21. The molecule has 1 aromatic rings. The number of nitrogens with one attached hydrogen (secondary N) is 1. The maximum absolute atomic E-state index is 11.6. The van der Waals surface area contributed by atoms with Crippen LogP contribution in [0.5, 0.6) is 0 Å². The Labute approximate surface area is 104 Å². The van der Waals surface area contributed by atoms with Crippen molar-refractivity contribution in [1.29, 1.82) is 0 Å². The number of carbonyl (C=O) groups excluding carboxylic acids is 1. The number of amides is 1. The van der Waals surface area contributed by atoms with E-state index in [9.17, 15) is 14.9 Å². The third-order valence-electron chi connectivity index (χ3n) is 3.03. The number of nitro benzene ring substituents is 1. The van der Waals surface area contributed by atoms with Crippen molar-refractivity contribution in [2.24, 2.45) is 5.84 Å². The molecule has 6 nitrogen and oxygen atoms in total. The Hall–Kier alpha value is -2.21. The van der Waals surface area contributed by atoms with Crippen LogP contribution in [0.3, 0.4) is 0 Å². The molecule has 18 heavy (non-hydrogen) atoms. The zero-order valence-electron chi connectivity index (χ0n) is 9.68. The van der Waals surface area contributed by atoms with E-state index in [0.717, 1.165) is 24.0 Å². The van der Waals surface area contributed by atoms with Crippen LogP contribution < -0.4 is 11.3 Å². The molecule has 0 atom stereocenters. The minimum atomic E-state index is -0.443. The number of hydrogen-bond acceptors (Lipinski definition) is 4. The zero-order valence-corrected chi connectivity index (χ0v) is 9.68. The lowest BCUT2D eigenvalue weighted by atomic mass is 10.0. The lowest BCUT2D eigenvalue weighted by Gasteiger charge is -2.06. The largest absolute Gasteiger partial charge is 0.290 e. The molecule has 0 bridgehead atoms. The van der Waals surface area contributed by atoms with Crippen LogP contribution in [0.2, 0.25) is 0 Å². The number of rotatable bonds is 3. The molecule has 0 saturated carbocycles. The van der Waals surface area contributed by atoms with Crippen molar-refractivity contribution in [3.8, 4) is 0 Å². The molecule has 6 heteroatoms. The van der Waals surface area contributed by atoms with E-state index in [1.807, 2.05) is 0 Å². The van der Waals surface area contributed by atoms with E-state index in [0.29, 0.717) is 12.0 Å². The molecule has 1 aromatic carbocycles. The Morgan fingerprint density at radius 1 is 1.39 bits per heavy atom. The second-order valence-corrected chi connectivity index (χ2v) is 4.09. The lowest BCUT2D eigenvalue weighted by molar-refractivity contribution is -0.384. The average molecular weight is 247 g/mol. The first-order valence-electron chi connectivity index (χ1n) is 5.61. The van der Waals surface area contributed by atoms with Crippen molar-refractivity contribution in [2.45, 2.75) is 19.3 Å². The molecular weight excluding hydrogens is 234 g/mol. The smallest absolute Gasteiger partial charge is 0.270 e. The molecule has 0 aromatic heterocycles. The summed E-state index contributed by atoms with van der Waals surface area (Å²) in [6, 6.07) is 6.32. The quantitative estimate of drug-likeness (QED) is 0.366. The van der Waals surface area contributed by atoms with E-state index in [1.165, 1.54) is 12.1 Å². The molecule has 0 unspecified atom stereocenters. The summed E-state index contributed by atoms with van der Waals surface area (Å²) in [5.41, 5.74) is 4.33. The molecule has 1 amide bonds. The van der Waals surface area contributed by atoms with E-state index < -0.39 is 4.92 Å². The van der Waals surface area contributed by atoms with Crippen LogP contribution in [0, 0.1) is 10.1 Å². The summed E-state index contributed by atoms with van der Waals surface area (Å²) in [6.07, 6.45) is 2.26. The molecular formula is C12H13N3O3. The number of hydrogen-bond donors (Lipinski definition) is 2. The molecule has 0 spiro atoms. The van der Waals surface area contributed by atoms with Crippen LogP contribution in [-0.2, 0) is 4.79 Å². The van der Waals surface area contributed by atoms with Gasteiger partial charge < -0.3 is 0 Å². The molecule has 0 aliphatic heterocycles. The van der Waals surface area contributed by atoms with Crippen molar-refractivity contribution in [1.82, 2.24) is 5.43 Å². The molecule has 0 saturated heterocycles. The fourth-order valence-corrected chi connectivity index (χ4v) is 2.21. The summed E-state index contributed by atoms with van der Waals surface area (Å²) in [6.45, 7) is 0. The maximum atomic E-state index is 11.6. The second-order valence-electron chi connectivity index (χ2n) is 4.09. The van der Waals surface area contributed by atoms with Gasteiger partial charge in [-0.1, -0.05) is 12.1 Å². The number of benzene rings is 1. The Morgan fingerprint density at radius 2 is 2.17 bits per heavy atom. The highest BCUT2D eigenvalue weighted by atomic mass is 16.6. The summed E-state index contributed by atoms with van der Waals surface area (Å²) in [7, 11) is 0. The van der Waals surface area contributed by atoms with Gasteiger partial charge in [0.1, 0.15) is 0 Å². The summed E-state index contributed by atoms with van der Waals surface area (Å²) in [4.78, 5) is 21.9. The van der Waals surface area contributed by atoms with E-state index in [4.69, 9.17) is 5.84 Å². The van der Waals surface area contributed by atoms with Gasteiger partial charge in [-0.05, 0) is 30.4 Å². The van der Waals surface area contributed by atoms with Gasteiger partial charge in [0.2, 0.25) is 0 Å². The van der Waals surface area contributed by atoms with Crippen LogP contribution in [0.1, 0.15) is 24.8 Å². The molecule has 1 aliphatic rings. The van der Waals surface area contributed by atoms with Gasteiger partial charge in [-0.15, -0.1) is 0 Å². The second kappa shape index (κ2) is 4.97. The normalized spacial score (nSPS) is 14.7. The first-order valence-corrected chi connectivity index (χ1v) is 5.61. The Balaban J connectivity index is 2.44. The monoisotopic (exact) mass is 247 g/mol. The molecule has 0 heterocycles. The molecule has 1 aliphatic carbocycles. The summed E-state index contributed by atoms with van der Waals surface area (Å²) < 4.78 is 0. The van der Waals surface area contributed by atoms with Crippen molar-refractivity contribution in [2.75, 3.05) is 0 Å². The standard InChI is InChI=1S/C12H13N3O3/c13-14-12(16)11-6-2-5-10(11)8-3-1-4-9(7-8)15(17)18/h1,3-4,7H,2,5-6,13H2,(H,14,16). The van der Waals surface area contributed by atoms with Crippen LogP contribution in [0.25, 0.3) is 5.57 Å². The van der Waals surface area contributed by atoms with Crippen molar-refractivity contribution < 1.29 is 9.72 Å².